The number of fused-ring (bicyclic) bond motifs is 1. The minimum Gasteiger partial charge on any atom is -0.477 e. The van der Waals surface area contributed by atoms with Crippen LogP contribution >= 0.6 is 11.3 Å². The summed E-state index contributed by atoms with van der Waals surface area (Å²) in [7, 11) is 0. The van der Waals surface area contributed by atoms with E-state index < -0.39 is 5.97 Å². The molecule has 0 aliphatic carbocycles. The van der Waals surface area contributed by atoms with E-state index in [4.69, 9.17) is 5.11 Å². The third kappa shape index (κ3) is 1.82. The molecule has 16 heavy (non-hydrogen) atoms. The maximum Gasteiger partial charge on any atom is 0.345 e. The third-order valence-electron chi connectivity index (χ3n) is 2.54. The average Bonchev–Trinajstić information content (AvgIpc) is 2.77. The first-order chi connectivity index (χ1) is 7.63. The van der Waals surface area contributed by atoms with Crippen molar-refractivity contribution in [1.29, 1.82) is 0 Å². The van der Waals surface area contributed by atoms with Crippen molar-refractivity contribution in [1.82, 2.24) is 9.78 Å². The van der Waals surface area contributed by atoms with Crippen molar-refractivity contribution >= 4 is 27.5 Å². The fourth-order valence-electron chi connectivity index (χ4n) is 1.68. The summed E-state index contributed by atoms with van der Waals surface area (Å²) in [6.45, 7) is 4.91. The van der Waals surface area contributed by atoms with Crippen molar-refractivity contribution in [3.8, 4) is 0 Å². The molecule has 0 saturated carbocycles. The normalized spacial score (nSPS) is 11.1. The van der Waals surface area contributed by atoms with Crippen LogP contribution in [0.5, 0.6) is 0 Å². The van der Waals surface area contributed by atoms with E-state index in [9.17, 15) is 4.79 Å². The molecule has 4 nitrogen and oxygen atoms in total. The zero-order valence-corrected chi connectivity index (χ0v) is 10.2. The standard InChI is InChI=1S/C11H14N2O2S/c1-3-4-5-13-10-8(7(2)12-13)6-9(16-10)11(14)15/h6H,3-5H2,1-2H3,(H,14,15). The Labute approximate surface area is 97.5 Å². The van der Waals surface area contributed by atoms with Gasteiger partial charge in [0.2, 0.25) is 0 Å². The van der Waals surface area contributed by atoms with Gasteiger partial charge in [-0.25, -0.2) is 4.79 Å². The first kappa shape index (κ1) is 11.1. The van der Waals surface area contributed by atoms with Gasteiger partial charge in [-0.2, -0.15) is 5.10 Å². The molecule has 0 aromatic carbocycles. The van der Waals surface area contributed by atoms with E-state index in [0.717, 1.165) is 35.3 Å². The first-order valence-corrected chi connectivity index (χ1v) is 6.15. The van der Waals surface area contributed by atoms with Crippen molar-refractivity contribution in [3.63, 3.8) is 0 Å². The lowest BCUT2D eigenvalue weighted by atomic mass is 10.3. The summed E-state index contributed by atoms with van der Waals surface area (Å²) >= 11 is 1.30. The van der Waals surface area contributed by atoms with Crippen molar-refractivity contribution in [2.24, 2.45) is 0 Å². The van der Waals surface area contributed by atoms with Gasteiger partial charge in [0.05, 0.1) is 5.69 Å². The number of aryl methyl sites for hydroxylation is 2. The van der Waals surface area contributed by atoms with Gasteiger partial charge in [0.15, 0.2) is 0 Å². The van der Waals surface area contributed by atoms with Gasteiger partial charge in [0.1, 0.15) is 9.71 Å². The van der Waals surface area contributed by atoms with Gasteiger partial charge in [-0.15, -0.1) is 11.3 Å². The summed E-state index contributed by atoms with van der Waals surface area (Å²) in [5, 5.41) is 14.3. The number of thiophene rings is 1. The molecule has 0 radical (unpaired) electrons. The number of aromatic nitrogens is 2. The summed E-state index contributed by atoms with van der Waals surface area (Å²) in [5.41, 5.74) is 0.912. The SMILES string of the molecule is CCCCn1nc(C)c2cc(C(=O)O)sc21. The van der Waals surface area contributed by atoms with Crippen LogP contribution in [0.4, 0.5) is 0 Å². The highest BCUT2D eigenvalue weighted by Crippen LogP contribution is 2.28. The number of nitrogens with zero attached hydrogens (tertiary/aromatic N) is 2. The predicted octanol–water partition coefficient (Wildman–Crippen LogP) is 2.90. The number of hydrogen-bond acceptors (Lipinski definition) is 3. The third-order valence-corrected chi connectivity index (χ3v) is 3.68. The highest BCUT2D eigenvalue weighted by molar-refractivity contribution is 7.20. The van der Waals surface area contributed by atoms with E-state index in [1.165, 1.54) is 11.3 Å². The Balaban J connectivity index is 2.46. The van der Waals surface area contributed by atoms with Crippen LogP contribution in [-0.4, -0.2) is 20.9 Å². The minimum absolute atomic E-state index is 0.390. The topological polar surface area (TPSA) is 55.1 Å². The molecular weight excluding hydrogens is 224 g/mol. The number of carboxylic acid groups (broad SMARTS) is 1. The second kappa shape index (κ2) is 4.25. The summed E-state index contributed by atoms with van der Waals surface area (Å²) in [4.78, 5) is 12.3. The van der Waals surface area contributed by atoms with Gasteiger partial charge < -0.3 is 5.11 Å². The van der Waals surface area contributed by atoms with Gasteiger partial charge >= 0.3 is 5.97 Å². The number of unbranched alkanes of at least 4 members (excludes halogenated alkanes) is 1. The van der Waals surface area contributed by atoms with E-state index in [-0.39, 0.29) is 0 Å². The molecular formula is C11H14N2O2S. The summed E-state index contributed by atoms with van der Waals surface area (Å²) in [5.74, 6) is -0.859. The maximum absolute atomic E-state index is 10.9. The molecule has 0 unspecified atom stereocenters. The van der Waals surface area contributed by atoms with Crippen LogP contribution < -0.4 is 0 Å². The first-order valence-electron chi connectivity index (χ1n) is 5.33. The number of carbonyl (C=O) groups is 1. The molecule has 0 saturated heterocycles. The molecule has 86 valence electrons. The number of hydrogen-bond donors (Lipinski definition) is 1. The second-order valence-corrected chi connectivity index (χ2v) is 4.83. The zero-order valence-electron chi connectivity index (χ0n) is 9.36. The lowest BCUT2D eigenvalue weighted by molar-refractivity contribution is 0.0702. The minimum atomic E-state index is -0.859. The van der Waals surface area contributed by atoms with Crippen LogP contribution in [0, 0.1) is 6.92 Å². The highest BCUT2D eigenvalue weighted by atomic mass is 32.1. The van der Waals surface area contributed by atoms with E-state index >= 15 is 0 Å². The maximum atomic E-state index is 10.9. The molecule has 1 N–H and O–H groups in total. The smallest absolute Gasteiger partial charge is 0.345 e. The Morgan fingerprint density at radius 3 is 3.00 bits per heavy atom. The van der Waals surface area contributed by atoms with E-state index in [1.54, 1.807) is 6.07 Å². The van der Waals surface area contributed by atoms with Crippen LogP contribution in [0.3, 0.4) is 0 Å². The predicted molar refractivity (Wildman–Crippen MR) is 64.2 cm³/mol. The van der Waals surface area contributed by atoms with Gasteiger partial charge in [-0.1, -0.05) is 13.3 Å². The van der Waals surface area contributed by atoms with Crippen molar-refractivity contribution in [2.45, 2.75) is 33.2 Å². The number of aromatic carboxylic acids is 1. The zero-order chi connectivity index (χ0) is 11.7. The van der Waals surface area contributed by atoms with E-state index in [1.807, 2.05) is 11.6 Å². The highest BCUT2D eigenvalue weighted by Gasteiger charge is 2.14. The Morgan fingerprint density at radius 2 is 2.38 bits per heavy atom. The molecule has 2 aromatic heterocycles. The van der Waals surface area contributed by atoms with Gasteiger partial charge in [0.25, 0.3) is 0 Å². The monoisotopic (exact) mass is 238 g/mol. The Bertz CT molecular complexity index is 527. The fourth-order valence-corrected chi connectivity index (χ4v) is 2.70. The van der Waals surface area contributed by atoms with Crippen LogP contribution in [0.25, 0.3) is 10.2 Å². The van der Waals surface area contributed by atoms with Crippen molar-refractivity contribution in [3.05, 3.63) is 16.6 Å². The molecule has 0 aliphatic heterocycles. The molecule has 0 aliphatic rings. The van der Waals surface area contributed by atoms with E-state index in [2.05, 4.69) is 12.0 Å². The fraction of sp³-hybridized carbons (Fsp3) is 0.455. The molecule has 0 spiro atoms. The van der Waals surface area contributed by atoms with Crippen LogP contribution in [0.1, 0.15) is 35.1 Å². The second-order valence-electron chi connectivity index (χ2n) is 3.80. The number of carboxylic acids is 1. The van der Waals surface area contributed by atoms with Crippen molar-refractivity contribution in [2.75, 3.05) is 0 Å². The summed E-state index contributed by atoms with van der Waals surface area (Å²) < 4.78 is 1.92. The van der Waals surface area contributed by atoms with Crippen LogP contribution in [0.2, 0.25) is 0 Å². The molecule has 5 heteroatoms. The lowest BCUT2D eigenvalue weighted by Crippen LogP contribution is -1.99. The van der Waals surface area contributed by atoms with E-state index in [0.29, 0.717) is 4.88 Å². The average molecular weight is 238 g/mol. The molecule has 0 fully saturated rings. The van der Waals surface area contributed by atoms with Crippen LogP contribution in [0.15, 0.2) is 6.07 Å². The summed E-state index contributed by atoms with van der Waals surface area (Å²) in [6.07, 6.45) is 2.17. The molecule has 2 aromatic rings. The van der Waals surface area contributed by atoms with Gasteiger partial charge in [0, 0.05) is 11.9 Å². The number of rotatable bonds is 4. The molecule has 0 atom stereocenters. The van der Waals surface area contributed by atoms with Crippen molar-refractivity contribution < 1.29 is 9.90 Å². The Morgan fingerprint density at radius 1 is 1.62 bits per heavy atom. The van der Waals surface area contributed by atoms with Gasteiger partial charge in [-0.05, 0) is 19.4 Å². The Hall–Kier alpha value is -1.36. The largest absolute Gasteiger partial charge is 0.477 e. The lowest BCUT2D eigenvalue weighted by Gasteiger charge is -1.99. The van der Waals surface area contributed by atoms with Gasteiger partial charge in [-0.3, -0.25) is 4.68 Å². The molecule has 0 amide bonds. The summed E-state index contributed by atoms with van der Waals surface area (Å²) in [6, 6.07) is 1.72. The molecule has 2 rings (SSSR count). The molecule has 0 bridgehead atoms. The Kier molecular flexibility index (Phi) is 2.96. The molecule has 2 heterocycles. The quantitative estimate of drug-likeness (QED) is 0.891. The van der Waals surface area contributed by atoms with Crippen LogP contribution in [-0.2, 0) is 6.54 Å².